The van der Waals surface area contributed by atoms with Crippen molar-refractivity contribution in [2.24, 2.45) is 5.92 Å². The number of hydrogen-bond donors (Lipinski definition) is 1. The molecule has 1 N–H and O–H groups in total. The molecule has 0 aliphatic rings. The van der Waals surface area contributed by atoms with E-state index in [-0.39, 0.29) is 0 Å². The van der Waals surface area contributed by atoms with Crippen molar-refractivity contribution < 1.29 is 4.74 Å². The summed E-state index contributed by atoms with van der Waals surface area (Å²) in [7, 11) is 0. The quantitative estimate of drug-likeness (QED) is 0.422. The molecule has 3 heteroatoms. The molecule has 80 valence electrons. The minimum atomic E-state index is 0.655. The van der Waals surface area contributed by atoms with Gasteiger partial charge in [-0.15, -0.1) is 0 Å². The van der Waals surface area contributed by atoms with Crippen LogP contribution in [0.2, 0.25) is 0 Å². The van der Waals surface area contributed by atoms with Crippen LogP contribution in [0.25, 0.3) is 0 Å². The molecule has 0 bridgehead atoms. The molecule has 1 atom stereocenters. The number of ether oxygens (including phenoxy) is 1. The van der Waals surface area contributed by atoms with Gasteiger partial charge in [0.2, 0.25) is 0 Å². The summed E-state index contributed by atoms with van der Waals surface area (Å²) in [5, 5.41) is 3.54. The minimum Gasteiger partial charge on any atom is -0.382 e. The Morgan fingerprint density at radius 1 is 1.38 bits per heavy atom. The lowest BCUT2D eigenvalue weighted by molar-refractivity contribution is 0.144. The van der Waals surface area contributed by atoms with E-state index in [0.717, 1.165) is 32.1 Å². The van der Waals surface area contributed by atoms with Crippen molar-refractivity contribution in [3.63, 3.8) is 0 Å². The lowest BCUT2D eigenvalue weighted by Gasteiger charge is -2.19. The highest BCUT2D eigenvalue weighted by molar-refractivity contribution is 14.1. The molecular weight excluding hydrogens is 277 g/mol. The molecular formula is C10H22INO. The maximum atomic E-state index is 5.27. The number of hydrogen-bond acceptors (Lipinski definition) is 2. The van der Waals surface area contributed by atoms with E-state index < -0.39 is 0 Å². The number of halogens is 1. The second kappa shape index (κ2) is 9.21. The average Bonchev–Trinajstić information content (AvgIpc) is 2.10. The van der Waals surface area contributed by atoms with Crippen LogP contribution < -0.4 is 5.32 Å². The van der Waals surface area contributed by atoms with Gasteiger partial charge in [0.1, 0.15) is 0 Å². The molecule has 0 amide bonds. The van der Waals surface area contributed by atoms with Gasteiger partial charge in [0.05, 0.1) is 0 Å². The van der Waals surface area contributed by atoms with Gasteiger partial charge >= 0.3 is 0 Å². The molecule has 2 nitrogen and oxygen atoms in total. The Morgan fingerprint density at radius 2 is 2.08 bits per heavy atom. The fraction of sp³-hybridized carbons (Fsp3) is 1.00. The molecule has 13 heavy (non-hydrogen) atoms. The van der Waals surface area contributed by atoms with Gasteiger partial charge in [-0.25, -0.2) is 0 Å². The third-order valence-corrected chi connectivity index (χ3v) is 3.00. The molecule has 0 saturated carbocycles. The smallest absolute Gasteiger partial charge is 0.0477 e. The van der Waals surface area contributed by atoms with Crippen molar-refractivity contribution in [3.8, 4) is 0 Å². The third-order valence-electron chi connectivity index (χ3n) is 2.05. The van der Waals surface area contributed by atoms with E-state index in [9.17, 15) is 0 Å². The van der Waals surface area contributed by atoms with Crippen molar-refractivity contribution in [3.05, 3.63) is 0 Å². The predicted molar refractivity (Wildman–Crippen MR) is 66.6 cm³/mol. The number of rotatable bonds is 8. The van der Waals surface area contributed by atoms with E-state index in [0.29, 0.717) is 6.04 Å². The summed E-state index contributed by atoms with van der Waals surface area (Å²) in [6.07, 6.45) is 1.12. The topological polar surface area (TPSA) is 21.3 Å². The van der Waals surface area contributed by atoms with Crippen LogP contribution in [0.1, 0.15) is 27.2 Å². The van der Waals surface area contributed by atoms with Gasteiger partial charge in [0.25, 0.3) is 0 Å². The first kappa shape index (κ1) is 13.7. The molecule has 0 radical (unpaired) electrons. The first-order valence-corrected chi connectivity index (χ1v) is 6.62. The summed E-state index contributed by atoms with van der Waals surface area (Å²) >= 11 is 2.44. The fourth-order valence-corrected chi connectivity index (χ4v) is 2.40. The van der Waals surface area contributed by atoms with Gasteiger partial charge < -0.3 is 10.1 Å². The molecule has 0 aromatic rings. The molecule has 0 aromatic carbocycles. The van der Waals surface area contributed by atoms with Crippen LogP contribution in [0.15, 0.2) is 0 Å². The number of nitrogens with one attached hydrogen (secondary N) is 1. The van der Waals surface area contributed by atoms with Crippen LogP contribution in [0, 0.1) is 5.92 Å². The van der Waals surface area contributed by atoms with Crippen LogP contribution in [-0.4, -0.2) is 30.2 Å². The van der Waals surface area contributed by atoms with Crippen LogP contribution in [0.3, 0.4) is 0 Å². The van der Waals surface area contributed by atoms with E-state index in [4.69, 9.17) is 4.74 Å². The second-order valence-corrected chi connectivity index (χ2v) is 4.39. The standard InChI is InChI=1S/C10H22INO/c1-4-13-7-5-6-12-10(8-11)9(2)3/h9-10,12H,4-8H2,1-3H3. The monoisotopic (exact) mass is 299 g/mol. The highest BCUT2D eigenvalue weighted by Gasteiger charge is 2.09. The minimum absolute atomic E-state index is 0.655. The van der Waals surface area contributed by atoms with E-state index >= 15 is 0 Å². The largest absolute Gasteiger partial charge is 0.382 e. The average molecular weight is 299 g/mol. The Bertz CT molecular complexity index is 109. The molecule has 0 aliphatic heterocycles. The van der Waals surface area contributed by atoms with E-state index in [1.54, 1.807) is 0 Å². The van der Waals surface area contributed by atoms with Crippen LogP contribution in [0.4, 0.5) is 0 Å². The molecule has 0 aliphatic carbocycles. The van der Waals surface area contributed by atoms with Crippen molar-refractivity contribution in [2.45, 2.75) is 33.2 Å². The number of alkyl halides is 1. The van der Waals surface area contributed by atoms with Gasteiger partial charge in [0.15, 0.2) is 0 Å². The zero-order chi connectivity index (χ0) is 10.1. The Balaban J connectivity index is 3.28. The van der Waals surface area contributed by atoms with Crippen molar-refractivity contribution in [1.29, 1.82) is 0 Å². The van der Waals surface area contributed by atoms with Gasteiger partial charge in [-0.05, 0) is 25.8 Å². The van der Waals surface area contributed by atoms with Crippen molar-refractivity contribution >= 4 is 22.6 Å². The van der Waals surface area contributed by atoms with Crippen molar-refractivity contribution in [2.75, 3.05) is 24.2 Å². The Hall–Kier alpha value is 0.650. The highest BCUT2D eigenvalue weighted by Crippen LogP contribution is 2.04. The maximum absolute atomic E-state index is 5.27. The third kappa shape index (κ3) is 7.70. The summed E-state index contributed by atoms with van der Waals surface area (Å²) in [4.78, 5) is 0. The van der Waals surface area contributed by atoms with Gasteiger partial charge in [-0.2, -0.15) is 0 Å². The normalized spacial score (nSPS) is 13.6. The molecule has 0 spiro atoms. The van der Waals surface area contributed by atoms with Crippen LogP contribution >= 0.6 is 22.6 Å². The van der Waals surface area contributed by atoms with Gasteiger partial charge in [0, 0.05) is 23.7 Å². The molecule has 1 unspecified atom stereocenters. The lowest BCUT2D eigenvalue weighted by atomic mass is 10.1. The van der Waals surface area contributed by atoms with Crippen molar-refractivity contribution in [1.82, 2.24) is 5.32 Å². The summed E-state index contributed by atoms with van der Waals surface area (Å²) in [5.74, 6) is 0.726. The second-order valence-electron chi connectivity index (χ2n) is 3.51. The lowest BCUT2D eigenvalue weighted by Crippen LogP contribution is -2.36. The molecule has 0 heterocycles. The Labute approximate surface area is 95.9 Å². The SMILES string of the molecule is CCOCCCNC(CI)C(C)C. The molecule has 0 saturated heterocycles. The summed E-state index contributed by atoms with van der Waals surface area (Å²) in [6, 6.07) is 0.655. The van der Waals surface area contributed by atoms with E-state index in [1.165, 1.54) is 4.43 Å². The van der Waals surface area contributed by atoms with E-state index in [2.05, 4.69) is 41.8 Å². The molecule has 0 rings (SSSR count). The Morgan fingerprint density at radius 3 is 2.54 bits per heavy atom. The van der Waals surface area contributed by atoms with Gasteiger partial charge in [-0.1, -0.05) is 36.4 Å². The summed E-state index contributed by atoms with van der Waals surface area (Å²) in [6.45, 7) is 9.36. The summed E-state index contributed by atoms with van der Waals surface area (Å²) < 4.78 is 6.45. The zero-order valence-electron chi connectivity index (χ0n) is 8.98. The maximum Gasteiger partial charge on any atom is 0.0477 e. The van der Waals surface area contributed by atoms with Gasteiger partial charge in [-0.3, -0.25) is 0 Å². The Kier molecular flexibility index (Phi) is 9.68. The summed E-state index contributed by atoms with van der Waals surface area (Å²) in [5.41, 5.74) is 0. The van der Waals surface area contributed by atoms with E-state index in [1.807, 2.05) is 6.92 Å². The molecule has 0 aromatic heterocycles. The first-order chi connectivity index (χ1) is 6.22. The molecule has 0 fully saturated rings. The zero-order valence-corrected chi connectivity index (χ0v) is 11.1. The predicted octanol–water partition coefficient (Wildman–Crippen LogP) is 2.46. The first-order valence-electron chi connectivity index (χ1n) is 5.09. The highest BCUT2D eigenvalue weighted by atomic mass is 127. The fourth-order valence-electron chi connectivity index (χ4n) is 1.07. The van der Waals surface area contributed by atoms with Crippen LogP contribution in [0.5, 0.6) is 0 Å². The van der Waals surface area contributed by atoms with Crippen LogP contribution in [-0.2, 0) is 4.74 Å².